The molecule has 0 aliphatic carbocycles. The van der Waals surface area contributed by atoms with Crippen molar-refractivity contribution < 1.29 is 24.2 Å². The van der Waals surface area contributed by atoms with Gasteiger partial charge >= 0.3 is 5.97 Å². The average molecular weight is 534 g/mol. The molecule has 0 saturated carbocycles. The van der Waals surface area contributed by atoms with E-state index in [9.17, 15) is 19.6 Å². The van der Waals surface area contributed by atoms with Crippen molar-refractivity contribution in [3.05, 3.63) is 106 Å². The monoisotopic (exact) mass is 533 g/mol. The van der Waals surface area contributed by atoms with E-state index < -0.39 is 23.8 Å². The van der Waals surface area contributed by atoms with Gasteiger partial charge in [0.15, 0.2) is 12.4 Å². The number of aromatic carboxylic acids is 1. The van der Waals surface area contributed by atoms with Gasteiger partial charge in [-0.05, 0) is 65.0 Å². The lowest BCUT2D eigenvalue weighted by molar-refractivity contribution is -0.605. The molecule has 0 aliphatic rings. The lowest BCUT2D eigenvalue weighted by Gasteiger charge is -2.18. The Morgan fingerprint density at radius 3 is 2.63 bits per heavy atom. The molecule has 192 valence electrons. The Morgan fingerprint density at radius 2 is 1.95 bits per heavy atom. The number of hydrogen-bond donors (Lipinski definition) is 3. The first-order valence-corrected chi connectivity index (χ1v) is 11.5. The maximum Gasteiger partial charge on any atom is 0.335 e. The van der Waals surface area contributed by atoms with Crippen LogP contribution >= 0.6 is 11.6 Å². The Labute approximate surface area is 220 Å². The van der Waals surface area contributed by atoms with Gasteiger partial charge in [-0.25, -0.2) is 4.79 Å². The van der Waals surface area contributed by atoms with E-state index in [1.807, 2.05) is 0 Å². The fourth-order valence-corrected chi connectivity index (χ4v) is 3.70. The number of nitrogens with zero attached hydrogens (tertiary/aromatic N) is 5. The third-order valence-electron chi connectivity index (χ3n) is 5.31. The van der Waals surface area contributed by atoms with E-state index in [1.54, 1.807) is 24.3 Å². The van der Waals surface area contributed by atoms with Crippen molar-refractivity contribution in [3.63, 3.8) is 0 Å². The highest BCUT2D eigenvalue weighted by atomic mass is 35.5. The van der Waals surface area contributed by atoms with Crippen LogP contribution in [0.3, 0.4) is 0 Å². The van der Waals surface area contributed by atoms with Gasteiger partial charge in [0.1, 0.15) is 12.4 Å². The second-order valence-corrected chi connectivity index (χ2v) is 8.44. The molecule has 4 aromatic rings. The molecule has 0 saturated heterocycles. The number of rotatable bonds is 9. The maximum absolute atomic E-state index is 13.1. The van der Waals surface area contributed by atoms with Crippen molar-refractivity contribution in [2.45, 2.75) is 12.5 Å². The highest BCUT2D eigenvalue weighted by Crippen LogP contribution is 2.20. The summed E-state index contributed by atoms with van der Waals surface area (Å²) in [7, 11) is 0. The van der Waals surface area contributed by atoms with E-state index in [2.05, 4.69) is 26.2 Å². The average Bonchev–Trinajstić information content (AvgIpc) is 3.42. The number of amides is 2. The molecule has 3 N–H and O–H groups in total. The van der Waals surface area contributed by atoms with E-state index >= 15 is 0 Å². The molecule has 2 heterocycles. The number of carboxylic acids is 1. The molecule has 2 amide bonds. The van der Waals surface area contributed by atoms with Gasteiger partial charge in [0.25, 0.3) is 0 Å². The van der Waals surface area contributed by atoms with Gasteiger partial charge in [-0.3, -0.25) is 9.59 Å². The summed E-state index contributed by atoms with van der Waals surface area (Å²) in [5.74, 6) is -2.24. The molecule has 1 unspecified atom stereocenters. The molecule has 12 nitrogen and oxygen atoms in total. The number of hydrogen-bond acceptors (Lipinski definition) is 7. The van der Waals surface area contributed by atoms with Crippen molar-refractivity contribution in [2.75, 3.05) is 5.32 Å². The number of nitrogens with one attached hydrogen (secondary N) is 2. The first-order chi connectivity index (χ1) is 18.3. The Morgan fingerprint density at radius 1 is 1.16 bits per heavy atom. The lowest BCUT2D eigenvalue weighted by atomic mass is 10.1. The standard InChI is InChI=1S/C25H20ClN7O5/c26-19-6-9-22(33-15-27-30-31-33)18(13-19)5-10-23(34)29-21(12-16-2-1-11-32(38)14-16)24(35)28-20-7-3-17(4-8-20)25(36)37/h1-11,13-15,21H,12H2,(H,28,35)(H,29,34)(H,36,37)/b10-5+. The van der Waals surface area contributed by atoms with Crippen LogP contribution in [-0.4, -0.2) is 49.1 Å². The van der Waals surface area contributed by atoms with Crippen molar-refractivity contribution in [1.29, 1.82) is 0 Å². The third-order valence-corrected chi connectivity index (χ3v) is 5.54. The minimum Gasteiger partial charge on any atom is -0.619 e. The number of anilines is 1. The summed E-state index contributed by atoms with van der Waals surface area (Å²) in [6.07, 6.45) is 6.76. The van der Waals surface area contributed by atoms with Gasteiger partial charge in [0.05, 0.1) is 11.3 Å². The zero-order valence-corrected chi connectivity index (χ0v) is 20.3. The summed E-state index contributed by atoms with van der Waals surface area (Å²) < 4.78 is 2.00. The summed E-state index contributed by atoms with van der Waals surface area (Å²) in [5.41, 5.74) is 2.04. The van der Waals surface area contributed by atoms with Gasteiger partial charge < -0.3 is 20.9 Å². The highest BCUT2D eigenvalue weighted by molar-refractivity contribution is 6.30. The van der Waals surface area contributed by atoms with Gasteiger partial charge in [-0.2, -0.15) is 9.41 Å². The van der Waals surface area contributed by atoms with Crippen LogP contribution in [-0.2, 0) is 16.0 Å². The lowest BCUT2D eigenvalue weighted by Crippen LogP contribution is -2.45. The topological polar surface area (TPSA) is 166 Å². The molecule has 0 spiro atoms. The molecule has 0 radical (unpaired) electrons. The van der Waals surface area contributed by atoms with E-state index in [4.69, 9.17) is 16.7 Å². The van der Waals surface area contributed by atoms with Gasteiger partial charge in [0.2, 0.25) is 11.8 Å². The Hall–Kier alpha value is -5.10. The number of tetrazole rings is 1. The van der Waals surface area contributed by atoms with Crippen LogP contribution in [0.4, 0.5) is 5.69 Å². The van der Waals surface area contributed by atoms with E-state index in [0.717, 1.165) is 0 Å². The van der Waals surface area contributed by atoms with E-state index in [-0.39, 0.29) is 12.0 Å². The zero-order valence-electron chi connectivity index (χ0n) is 19.6. The summed E-state index contributed by atoms with van der Waals surface area (Å²) in [6, 6.07) is 12.7. The number of pyridine rings is 1. The van der Waals surface area contributed by atoms with Crippen LogP contribution in [0.2, 0.25) is 5.02 Å². The molecule has 4 rings (SSSR count). The Bertz CT molecular complexity index is 1490. The summed E-state index contributed by atoms with van der Waals surface area (Å²) >= 11 is 6.12. The maximum atomic E-state index is 13.1. The minimum atomic E-state index is -1.10. The third kappa shape index (κ3) is 6.77. The van der Waals surface area contributed by atoms with Gasteiger partial charge in [-0.15, -0.1) is 5.10 Å². The summed E-state index contributed by atoms with van der Waals surface area (Å²) in [6.45, 7) is 0. The number of carboxylic acid groups (broad SMARTS) is 1. The fraction of sp³-hybridized carbons (Fsp3) is 0.0800. The van der Waals surface area contributed by atoms with Gasteiger partial charge in [0, 0.05) is 40.4 Å². The predicted octanol–water partition coefficient (Wildman–Crippen LogP) is 2.03. The normalized spacial score (nSPS) is 11.7. The second kappa shape index (κ2) is 11.8. The fourth-order valence-electron chi connectivity index (χ4n) is 3.52. The van der Waals surface area contributed by atoms with Crippen LogP contribution in [0.1, 0.15) is 21.5 Å². The second-order valence-electron chi connectivity index (χ2n) is 8.00. The Kier molecular flexibility index (Phi) is 8.04. The zero-order chi connectivity index (χ0) is 27.1. The minimum absolute atomic E-state index is 0.0226. The predicted molar refractivity (Wildman–Crippen MR) is 136 cm³/mol. The SMILES string of the molecule is O=C(/C=C/c1cc(Cl)ccc1-n1cnnn1)NC(Cc1ccc[n+]([O-])c1)C(=O)Nc1ccc(C(=O)O)cc1. The smallest absolute Gasteiger partial charge is 0.335 e. The van der Waals surface area contributed by atoms with Crippen LogP contribution < -0.4 is 15.4 Å². The molecule has 0 fully saturated rings. The molecule has 0 aliphatic heterocycles. The van der Waals surface area contributed by atoms with Crippen molar-refractivity contribution in [2.24, 2.45) is 0 Å². The molecule has 38 heavy (non-hydrogen) atoms. The molecule has 1 atom stereocenters. The number of benzene rings is 2. The summed E-state index contributed by atoms with van der Waals surface area (Å²) in [4.78, 5) is 37.0. The molecular formula is C25H20ClN7O5. The molecule has 0 bridgehead atoms. The van der Waals surface area contributed by atoms with Crippen molar-refractivity contribution in [3.8, 4) is 5.69 Å². The number of aromatic nitrogens is 5. The van der Waals surface area contributed by atoms with E-state index in [0.29, 0.717) is 32.3 Å². The highest BCUT2D eigenvalue weighted by Gasteiger charge is 2.22. The molecule has 2 aromatic heterocycles. The van der Waals surface area contributed by atoms with Crippen LogP contribution in [0.25, 0.3) is 11.8 Å². The first-order valence-electron chi connectivity index (χ1n) is 11.1. The quantitative estimate of drug-likeness (QED) is 0.167. The molecular weight excluding hydrogens is 514 g/mol. The number of carbonyl (C=O) groups excluding carboxylic acids is 2. The van der Waals surface area contributed by atoms with Gasteiger partial charge in [-0.1, -0.05) is 11.6 Å². The number of carbonyl (C=O) groups is 3. The number of halogens is 1. The van der Waals surface area contributed by atoms with Crippen molar-refractivity contribution in [1.82, 2.24) is 25.5 Å². The van der Waals surface area contributed by atoms with Crippen LogP contribution in [0.5, 0.6) is 0 Å². The van der Waals surface area contributed by atoms with Crippen molar-refractivity contribution >= 4 is 41.1 Å². The van der Waals surface area contributed by atoms with Crippen LogP contribution in [0.15, 0.2) is 79.4 Å². The largest absolute Gasteiger partial charge is 0.619 e. The van der Waals surface area contributed by atoms with E-state index in [1.165, 1.54) is 65.9 Å². The first kappa shape index (κ1) is 26.0. The van der Waals surface area contributed by atoms with Crippen LogP contribution in [0, 0.1) is 5.21 Å². The Balaban J connectivity index is 1.53. The molecule has 2 aromatic carbocycles. The molecule has 13 heteroatoms. The summed E-state index contributed by atoms with van der Waals surface area (Å²) in [5, 5.41) is 37.6.